The molecule has 3 heteroatoms. The first kappa shape index (κ1) is 26.0. The van der Waals surface area contributed by atoms with Crippen LogP contribution in [0, 0.1) is 0 Å². The second-order valence-corrected chi connectivity index (χ2v) is 12.1. The van der Waals surface area contributed by atoms with Gasteiger partial charge in [0.15, 0.2) is 5.58 Å². The van der Waals surface area contributed by atoms with Gasteiger partial charge in [-0.3, -0.25) is 0 Å². The van der Waals surface area contributed by atoms with Crippen molar-refractivity contribution in [1.29, 1.82) is 0 Å². The molecule has 0 bridgehead atoms. The van der Waals surface area contributed by atoms with Crippen molar-refractivity contribution in [3.05, 3.63) is 170 Å². The summed E-state index contributed by atoms with van der Waals surface area (Å²) in [6.45, 7) is 0. The highest BCUT2D eigenvalue weighted by molar-refractivity contribution is 6.23. The van der Waals surface area contributed by atoms with E-state index in [1.54, 1.807) is 0 Å². The minimum atomic E-state index is 0.868. The van der Waals surface area contributed by atoms with Gasteiger partial charge >= 0.3 is 0 Å². The number of para-hydroxylation sites is 4. The lowest BCUT2D eigenvalue weighted by atomic mass is 10.0. The Morgan fingerprint density at radius 3 is 2.00 bits per heavy atom. The molecule has 47 heavy (non-hydrogen) atoms. The van der Waals surface area contributed by atoms with Gasteiger partial charge in [0.1, 0.15) is 5.58 Å². The van der Waals surface area contributed by atoms with Crippen molar-refractivity contribution in [3.8, 4) is 5.69 Å². The standard InChI is InChI=1S/C44H28N2O/c1-2-16-32(17-3-1)45(40-23-12-21-37-36-20-9-11-24-41(36)47-44(37)40)42-34-18-7-6-15-31(34)28-38-35-19-8-10-22-39(35)46(43(38)42)33-26-25-29-13-4-5-14-30(29)27-33/h1-28H. The van der Waals surface area contributed by atoms with E-state index < -0.39 is 0 Å². The van der Waals surface area contributed by atoms with Crippen molar-refractivity contribution >= 4 is 82.4 Å². The lowest BCUT2D eigenvalue weighted by Crippen LogP contribution is -2.12. The molecule has 2 aromatic heterocycles. The minimum absolute atomic E-state index is 0.868. The first-order chi connectivity index (χ1) is 23.3. The van der Waals surface area contributed by atoms with Crippen LogP contribution in [0.5, 0.6) is 0 Å². The molecule has 0 N–H and O–H groups in total. The summed E-state index contributed by atoms with van der Waals surface area (Å²) >= 11 is 0. The molecule has 3 nitrogen and oxygen atoms in total. The number of nitrogens with zero attached hydrogens (tertiary/aromatic N) is 2. The Hall–Kier alpha value is -6.32. The number of rotatable bonds is 4. The average molecular weight is 601 g/mol. The highest BCUT2D eigenvalue weighted by Crippen LogP contribution is 2.49. The normalized spacial score (nSPS) is 11.8. The van der Waals surface area contributed by atoms with Gasteiger partial charge in [0.05, 0.1) is 22.4 Å². The van der Waals surface area contributed by atoms with Crippen LogP contribution in [-0.2, 0) is 0 Å². The smallest absolute Gasteiger partial charge is 0.159 e. The molecule has 0 amide bonds. The predicted octanol–water partition coefficient (Wildman–Crippen LogP) is 12.5. The van der Waals surface area contributed by atoms with Gasteiger partial charge in [0, 0.05) is 38.3 Å². The van der Waals surface area contributed by atoms with E-state index in [0.717, 1.165) is 50.2 Å². The van der Waals surface area contributed by atoms with E-state index in [0.29, 0.717) is 0 Å². The van der Waals surface area contributed by atoms with Crippen LogP contribution in [0.25, 0.3) is 71.0 Å². The Labute approximate surface area is 271 Å². The molecule has 0 radical (unpaired) electrons. The van der Waals surface area contributed by atoms with Crippen LogP contribution >= 0.6 is 0 Å². The summed E-state index contributed by atoms with van der Waals surface area (Å²) in [5.74, 6) is 0. The van der Waals surface area contributed by atoms with Gasteiger partial charge in [-0.15, -0.1) is 0 Å². The molecule has 0 atom stereocenters. The van der Waals surface area contributed by atoms with Crippen molar-refractivity contribution in [1.82, 2.24) is 4.57 Å². The maximum Gasteiger partial charge on any atom is 0.159 e. The highest BCUT2D eigenvalue weighted by atomic mass is 16.3. The summed E-state index contributed by atoms with van der Waals surface area (Å²) < 4.78 is 9.16. The number of fused-ring (bicyclic) bond motifs is 8. The monoisotopic (exact) mass is 600 g/mol. The van der Waals surface area contributed by atoms with E-state index in [4.69, 9.17) is 4.42 Å². The predicted molar refractivity (Wildman–Crippen MR) is 198 cm³/mol. The maximum absolute atomic E-state index is 6.71. The van der Waals surface area contributed by atoms with Crippen molar-refractivity contribution in [2.45, 2.75) is 0 Å². The second kappa shape index (κ2) is 10.1. The Balaban J connectivity index is 1.41. The average Bonchev–Trinajstić information content (AvgIpc) is 3.68. The molecule has 0 aliphatic heterocycles. The largest absolute Gasteiger partial charge is 0.454 e. The van der Waals surface area contributed by atoms with Gasteiger partial charge < -0.3 is 13.9 Å². The fourth-order valence-electron chi connectivity index (χ4n) is 7.45. The first-order valence-corrected chi connectivity index (χ1v) is 16.0. The van der Waals surface area contributed by atoms with Gasteiger partial charge in [-0.1, -0.05) is 121 Å². The fourth-order valence-corrected chi connectivity index (χ4v) is 7.45. The number of hydrogen-bond donors (Lipinski definition) is 0. The first-order valence-electron chi connectivity index (χ1n) is 16.0. The van der Waals surface area contributed by atoms with Crippen LogP contribution in [0.1, 0.15) is 0 Å². The maximum atomic E-state index is 6.71. The van der Waals surface area contributed by atoms with Crippen molar-refractivity contribution in [3.63, 3.8) is 0 Å². The summed E-state index contributed by atoms with van der Waals surface area (Å²) in [6.07, 6.45) is 0. The summed E-state index contributed by atoms with van der Waals surface area (Å²) in [7, 11) is 0. The number of benzene rings is 8. The lowest BCUT2D eigenvalue weighted by molar-refractivity contribution is 0.669. The van der Waals surface area contributed by atoms with Gasteiger partial charge in [0.2, 0.25) is 0 Å². The minimum Gasteiger partial charge on any atom is -0.454 e. The summed E-state index contributed by atoms with van der Waals surface area (Å²) in [5.41, 5.74) is 8.37. The molecule has 0 saturated heterocycles. The number of hydrogen-bond acceptors (Lipinski definition) is 2. The molecular formula is C44H28N2O. The quantitative estimate of drug-likeness (QED) is 0.200. The van der Waals surface area contributed by atoms with Crippen LogP contribution < -0.4 is 4.90 Å². The molecule has 0 unspecified atom stereocenters. The van der Waals surface area contributed by atoms with Crippen LogP contribution in [0.15, 0.2) is 174 Å². The Kier molecular flexibility index (Phi) is 5.57. The van der Waals surface area contributed by atoms with Gasteiger partial charge in [-0.2, -0.15) is 0 Å². The van der Waals surface area contributed by atoms with E-state index in [1.807, 2.05) is 6.07 Å². The van der Waals surface area contributed by atoms with E-state index in [1.165, 1.54) is 37.8 Å². The van der Waals surface area contributed by atoms with Crippen LogP contribution in [0.4, 0.5) is 17.1 Å². The zero-order valence-electron chi connectivity index (χ0n) is 25.5. The van der Waals surface area contributed by atoms with Crippen LogP contribution in [-0.4, -0.2) is 4.57 Å². The zero-order valence-corrected chi connectivity index (χ0v) is 25.5. The molecule has 220 valence electrons. The molecule has 10 aromatic rings. The molecule has 2 heterocycles. The number of anilines is 3. The van der Waals surface area contributed by atoms with E-state index >= 15 is 0 Å². The lowest BCUT2D eigenvalue weighted by Gasteiger charge is -2.28. The Bertz CT molecular complexity index is 2810. The molecular weight excluding hydrogens is 572 g/mol. The van der Waals surface area contributed by atoms with Crippen molar-refractivity contribution in [2.24, 2.45) is 0 Å². The molecule has 10 rings (SSSR count). The SMILES string of the molecule is c1ccc(N(c2cccc3c2oc2ccccc23)c2c3ccccc3cc3c4ccccc4n(-c4ccc5ccccc5c4)c23)cc1. The third kappa shape index (κ3) is 3.87. The molecule has 0 spiro atoms. The van der Waals surface area contributed by atoms with E-state index in [9.17, 15) is 0 Å². The molecule has 0 aliphatic carbocycles. The molecule has 8 aromatic carbocycles. The summed E-state index contributed by atoms with van der Waals surface area (Å²) in [6, 6.07) is 60.8. The summed E-state index contributed by atoms with van der Waals surface area (Å²) in [4.78, 5) is 2.41. The highest BCUT2D eigenvalue weighted by Gasteiger charge is 2.26. The molecule has 0 aliphatic rings. The number of furan rings is 1. The third-order valence-electron chi connectivity index (χ3n) is 9.51. The third-order valence-corrected chi connectivity index (χ3v) is 9.51. The Morgan fingerprint density at radius 2 is 1.13 bits per heavy atom. The topological polar surface area (TPSA) is 21.3 Å². The van der Waals surface area contributed by atoms with Crippen LogP contribution in [0.3, 0.4) is 0 Å². The molecule has 0 saturated carbocycles. The molecule has 0 fully saturated rings. The van der Waals surface area contributed by atoms with Gasteiger partial charge in [0.25, 0.3) is 0 Å². The fraction of sp³-hybridized carbons (Fsp3) is 0. The van der Waals surface area contributed by atoms with Gasteiger partial charge in [-0.05, 0) is 64.7 Å². The zero-order chi connectivity index (χ0) is 30.9. The Morgan fingerprint density at radius 1 is 0.447 bits per heavy atom. The summed E-state index contributed by atoms with van der Waals surface area (Å²) in [5, 5.41) is 9.44. The second-order valence-electron chi connectivity index (χ2n) is 12.1. The van der Waals surface area contributed by atoms with E-state index in [-0.39, 0.29) is 0 Å². The van der Waals surface area contributed by atoms with Crippen LogP contribution in [0.2, 0.25) is 0 Å². The van der Waals surface area contributed by atoms with Gasteiger partial charge in [-0.25, -0.2) is 0 Å². The number of aromatic nitrogens is 1. The van der Waals surface area contributed by atoms with E-state index in [2.05, 4.69) is 173 Å². The van der Waals surface area contributed by atoms with Crippen molar-refractivity contribution in [2.75, 3.05) is 4.90 Å². The van der Waals surface area contributed by atoms with Crippen molar-refractivity contribution < 1.29 is 4.42 Å².